The summed E-state index contributed by atoms with van der Waals surface area (Å²) in [6.07, 6.45) is 3.37. The molecule has 4 heterocycles. The van der Waals surface area contributed by atoms with Crippen molar-refractivity contribution in [1.82, 2.24) is 10.1 Å². The summed E-state index contributed by atoms with van der Waals surface area (Å²) in [6.45, 7) is 5.15. The highest BCUT2D eigenvalue weighted by atomic mass is 16.5. The fourth-order valence-electron chi connectivity index (χ4n) is 4.68. The van der Waals surface area contributed by atoms with Gasteiger partial charge in [0.2, 0.25) is 5.91 Å². The van der Waals surface area contributed by atoms with E-state index in [2.05, 4.69) is 21.5 Å². The van der Waals surface area contributed by atoms with Crippen LogP contribution in [0.15, 0.2) is 47.1 Å². The Hall–Kier alpha value is -3.52. The Kier molecular flexibility index (Phi) is 5.01. The Morgan fingerprint density at radius 2 is 1.88 bits per heavy atom. The van der Waals surface area contributed by atoms with Crippen LogP contribution in [0.5, 0.6) is 0 Å². The van der Waals surface area contributed by atoms with Gasteiger partial charge >= 0.3 is 0 Å². The Morgan fingerprint density at radius 1 is 1.09 bits per heavy atom. The van der Waals surface area contributed by atoms with E-state index in [0.29, 0.717) is 37.0 Å². The molecule has 0 atom stereocenters. The number of pyridine rings is 1. The number of carbonyl (C=O) groups excluding carboxylic acids is 2. The Bertz CT molecular complexity index is 1200. The molecule has 2 aromatic heterocycles. The summed E-state index contributed by atoms with van der Waals surface area (Å²) in [5.41, 5.74) is 4.16. The molecule has 0 saturated carbocycles. The molecule has 1 aromatic carbocycles. The molecule has 0 radical (unpaired) electrons. The minimum atomic E-state index is -0.165. The number of aromatic nitrogens is 2. The standard InChI is InChI=1S/C24H24N4O4/c1-15-11-20(27-32-15)23(30)28-14-24(6-9-31-10-7-24)19-12-17(3-4-21(19)28)18-5-8-25-22(13-18)26-16(2)29/h3-5,8,11-13H,6-7,9-10,14H2,1-2H3,(H,25,26,29). The largest absolute Gasteiger partial charge is 0.381 e. The van der Waals surface area contributed by atoms with Crippen molar-refractivity contribution in [2.24, 2.45) is 0 Å². The van der Waals surface area contributed by atoms with Crippen LogP contribution in [0, 0.1) is 6.92 Å². The van der Waals surface area contributed by atoms with Crippen molar-refractivity contribution in [3.05, 3.63) is 59.6 Å². The van der Waals surface area contributed by atoms with Crippen molar-refractivity contribution in [1.29, 1.82) is 0 Å². The zero-order chi connectivity index (χ0) is 22.3. The maximum atomic E-state index is 13.3. The predicted molar refractivity (Wildman–Crippen MR) is 119 cm³/mol. The normalized spacial score (nSPS) is 16.8. The predicted octanol–water partition coefficient (Wildman–Crippen LogP) is 3.71. The summed E-state index contributed by atoms with van der Waals surface area (Å²) in [5, 5.41) is 6.66. The number of aryl methyl sites for hydroxylation is 1. The molecule has 1 N–H and O–H groups in total. The summed E-state index contributed by atoms with van der Waals surface area (Å²) in [7, 11) is 0. The molecule has 0 unspecified atom stereocenters. The molecule has 164 valence electrons. The van der Waals surface area contributed by atoms with Crippen LogP contribution in [0.25, 0.3) is 11.1 Å². The van der Waals surface area contributed by atoms with Gasteiger partial charge in [-0.15, -0.1) is 0 Å². The molecule has 8 nitrogen and oxygen atoms in total. The van der Waals surface area contributed by atoms with Gasteiger partial charge in [-0.3, -0.25) is 9.59 Å². The first-order valence-corrected chi connectivity index (χ1v) is 10.7. The SMILES string of the molecule is CC(=O)Nc1cc(-c2ccc3c(c2)C2(CCOCC2)CN3C(=O)c2cc(C)on2)ccn1. The van der Waals surface area contributed by atoms with Gasteiger partial charge in [-0.1, -0.05) is 11.2 Å². The third kappa shape index (κ3) is 3.56. The monoisotopic (exact) mass is 432 g/mol. The van der Waals surface area contributed by atoms with Gasteiger partial charge in [-0.2, -0.15) is 0 Å². The minimum absolute atomic E-state index is 0.156. The van der Waals surface area contributed by atoms with E-state index in [1.807, 2.05) is 29.2 Å². The van der Waals surface area contributed by atoms with E-state index in [-0.39, 0.29) is 17.2 Å². The number of rotatable bonds is 3. The van der Waals surface area contributed by atoms with Gasteiger partial charge in [0.05, 0.1) is 0 Å². The number of amides is 2. The molecule has 2 amide bonds. The van der Waals surface area contributed by atoms with Gasteiger partial charge in [0.15, 0.2) is 5.69 Å². The zero-order valence-electron chi connectivity index (χ0n) is 18.1. The Balaban J connectivity index is 1.56. The first-order valence-electron chi connectivity index (χ1n) is 10.7. The molecule has 0 aliphatic carbocycles. The number of benzene rings is 1. The molecule has 2 aliphatic rings. The van der Waals surface area contributed by atoms with Crippen molar-refractivity contribution < 1.29 is 18.8 Å². The van der Waals surface area contributed by atoms with E-state index in [0.717, 1.165) is 35.2 Å². The summed E-state index contributed by atoms with van der Waals surface area (Å²) in [6, 6.07) is 11.6. The van der Waals surface area contributed by atoms with Crippen molar-refractivity contribution in [3.63, 3.8) is 0 Å². The average Bonchev–Trinajstić information content (AvgIpc) is 3.35. The highest BCUT2D eigenvalue weighted by Gasteiger charge is 2.46. The van der Waals surface area contributed by atoms with E-state index in [4.69, 9.17) is 9.26 Å². The van der Waals surface area contributed by atoms with Crippen molar-refractivity contribution >= 4 is 23.3 Å². The number of nitrogens with zero attached hydrogens (tertiary/aromatic N) is 3. The lowest BCUT2D eigenvalue weighted by Crippen LogP contribution is -2.40. The van der Waals surface area contributed by atoms with Gasteiger partial charge in [0.1, 0.15) is 11.6 Å². The van der Waals surface area contributed by atoms with E-state index < -0.39 is 0 Å². The number of carbonyl (C=O) groups is 2. The van der Waals surface area contributed by atoms with Crippen molar-refractivity contribution in [2.75, 3.05) is 30.0 Å². The van der Waals surface area contributed by atoms with Crippen LogP contribution in [0.4, 0.5) is 11.5 Å². The van der Waals surface area contributed by atoms with E-state index in [9.17, 15) is 9.59 Å². The van der Waals surface area contributed by atoms with E-state index >= 15 is 0 Å². The highest BCUT2D eigenvalue weighted by Crippen LogP contribution is 2.48. The Labute approximate surface area is 185 Å². The smallest absolute Gasteiger partial charge is 0.280 e. The fourth-order valence-corrected chi connectivity index (χ4v) is 4.68. The molecule has 8 heteroatoms. The van der Waals surface area contributed by atoms with Gasteiger partial charge in [-0.25, -0.2) is 4.98 Å². The van der Waals surface area contributed by atoms with Gasteiger partial charge in [0, 0.05) is 50.0 Å². The van der Waals surface area contributed by atoms with Crippen LogP contribution in [-0.2, 0) is 14.9 Å². The lowest BCUT2D eigenvalue weighted by Gasteiger charge is -2.34. The fraction of sp³-hybridized carbons (Fsp3) is 0.333. The molecule has 32 heavy (non-hydrogen) atoms. The first kappa shape index (κ1) is 20.4. The number of nitrogens with one attached hydrogen (secondary N) is 1. The number of anilines is 2. The van der Waals surface area contributed by atoms with Crippen LogP contribution < -0.4 is 10.2 Å². The van der Waals surface area contributed by atoms with Crippen molar-refractivity contribution in [2.45, 2.75) is 32.1 Å². The summed E-state index contributed by atoms with van der Waals surface area (Å²) in [5.74, 6) is 0.795. The first-order chi connectivity index (χ1) is 15.4. The third-order valence-corrected chi connectivity index (χ3v) is 6.26. The molecular weight excluding hydrogens is 408 g/mol. The number of hydrogen-bond donors (Lipinski definition) is 1. The molecule has 0 bridgehead atoms. The number of fused-ring (bicyclic) bond motifs is 2. The molecular formula is C24H24N4O4. The van der Waals surface area contributed by atoms with Crippen LogP contribution >= 0.6 is 0 Å². The zero-order valence-corrected chi connectivity index (χ0v) is 18.1. The molecule has 2 aliphatic heterocycles. The van der Waals surface area contributed by atoms with Crippen LogP contribution in [0.2, 0.25) is 0 Å². The molecule has 3 aromatic rings. The highest BCUT2D eigenvalue weighted by molar-refractivity contribution is 6.06. The minimum Gasteiger partial charge on any atom is -0.381 e. The summed E-state index contributed by atoms with van der Waals surface area (Å²) in [4.78, 5) is 30.7. The maximum absolute atomic E-state index is 13.3. The van der Waals surface area contributed by atoms with Crippen molar-refractivity contribution in [3.8, 4) is 11.1 Å². The lowest BCUT2D eigenvalue weighted by atomic mass is 9.75. The second-order valence-corrected chi connectivity index (χ2v) is 8.45. The van der Waals surface area contributed by atoms with Gasteiger partial charge in [0.25, 0.3) is 5.91 Å². The second-order valence-electron chi connectivity index (χ2n) is 8.45. The van der Waals surface area contributed by atoms with Gasteiger partial charge < -0.3 is 19.5 Å². The topological polar surface area (TPSA) is 97.6 Å². The maximum Gasteiger partial charge on any atom is 0.280 e. The number of hydrogen-bond acceptors (Lipinski definition) is 6. The molecule has 1 saturated heterocycles. The van der Waals surface area contributed by atoms with Crippen LogP contribution in [0.1, 0.15) is 41.6 Å². The van der Waals surface area contributed by atoms with Crippen LogP contribution in [-0.4, -0.2) is 41.7 Å². The molecule has 1 fully saturated rings. The quantitative estimate of drug-likeness (QED) is 0.678. The van der Waals surface area contributed by atoms with Gasteiger partial charge in [-0.05, 0) is 60.7 Å². The Morgan fingerprint density at radius 3 is 2.59 bits per heavy atom. The van der Waals surface area contributed by atoms with E-state index in [1.165, 1.54) is 6.92 Å². The lowest BCUT2D eigenvalue weighted by molar-refractivity contribution is -0.114. The molecule has 1 spiro atoms. The third-order valence-electron chi connectivity index (χ3n) is 6.26. The summed E-state index contributed by atoms with van der Waals surface area (Å²) >= 11 is 0. The molecule has 5 rings (SSSR count). The average molecular weight is 432 g/mol. The number of ether oxygens (including phenoxy) is 1. The summed E-state index contributed by atoms with van der Waals surface area (Å²) < 4.78 is 10.8. The van der Waals surface area contributed by atoms with E-state index in [1.54, 1.807) is 19.2 Å². The van der Waals surface area contributed by atoms with Crippen LogP contribution in [0.3, 0.4) is 0 Å². The second kappa shape index (κ2) is 7.87.